The van der Waals surface area contributed by atoms with Gasteiger partial charge in [0.2, 0.25) is 5.82 Å². The molecule has 2 aromatic rings. The Labute approximate surface area is 145 Å². The summed E-state index contributed by atoms with van der Waals surface area (Å²) < 4.78 is 1.59. The smallest absolute Gasteiger partial charge is 0.334 e. The zero-order chi connectivity index (χ0) is 18.0. The molecule has 1 fully saturated rings. The summed E-state index contributed by atoms with van der Waals surface area (Å²) in [6.45, 7) is 4.34. The molecule has 0 amide bonds. The number of piperazine rings is 1. The summed E-state index contributed by atoms with van der Waals surface area (Å²) in [5, 5.41) is 25.0. The fourth-order valence-corrected chi connectivity index (χ4v) is 3.20. The topological polar surface area (TPSA) is 104 Å². The van der Waals surface area contributed by atoms with Crippen molar-refractivity contribution in [1.82, 2.24) is 14.8 Å². The van der Waals surface area contributed by atoms with Crippen molar-refractivity contribution in [3.63, 3.8) is 0 Å². The molecule has 3 heterocycles. The second-order valence-corrected chi connectivity index (χ2v) is 5.81. The van der Waals surface area contributed by atoms with Crippen LogP contribution in [0.2, 0.25) is 0 Å². The van der Waals surface area contributed by atoms with E-state index in [1.54, 1.807) is 30.1 Å². The van der Waals surface area contributed by atoms with Crippen LogP contribution in [-0.4, -0.2) is 45.9 Å². The summed E-state index contributed by atoms with van der Waals surface area (Å²) in [5.41, 5.74) is 1.13. The van der Waals surface area contributed by atoms with Crippen molar-refractivity contribution in [2.75, 3.05) is 36.0 Å². The number of nitriles is 1. The van der Waals surface area contributed by atoms with Crippen molar-refractivity contribution in [1.29, 1.82) is 5.26 Å². The van der Waals surface area contributed by atoms with Crippen LogP contribution in [-0.2, 0) is 13.5 Å². The molecule has 0 bridgehead atoms. The maximum absolute atomic E-state index is 11.5. The Morgan fingerprint density at radius 3 is 2.60 bits per heavy atom. The molecule has 1 aliphatic rings. The lowest BCUT2D eigenvalue weighted by Gasteiger charge is -2.36. The Bertz CT molecular complexity index is 831. The molecule has 130 valence electrons. The lowest BCUT2D eigenvalue weighted by molar-refractivity contribution is -0.384. The number of nitro groups is 1. The van der Waals surface area contributed by atoms with Crippen molar-refractivity contribution in [2.45, 2.75) is 13.3 Å². The van der Waals surface area contributed by atoms with E-state index >= 15 is 0 Å². The molecule has 0 aliphatic carbocycles. The predicted octanol–water partition coefficient (Wildman–Crippen LogP) is 1.48. The van der Waals surface area contributed by atoms with Crippen LogP contribution in [0.15, 0.2) is 18.3 Å². The van der Waals surface area contributed by atoms with Gasteiger partial charge in [0.05, 0.1) is 10.5 Å². The number of nitrogens with zero attached hydrogens (tertiary/aromatic N) is 7. The summed E-state index contributed by atoms with van der Waals surface area (Å²) >= 11 is 0. The highest BCUT2D eigenvalue weighted by molar-refractivity contribution is 5.63. The van der Waals surface area contributed by atoms with Gasteiger partial charge in [-0.1, -0.05) is 6.92 Å². The third-order valence-electron chi connectivity index (χ3n) is 4.37. The van der Waals surface area contributed by atoms with Crippen LogP contribution in [0.5, 0.6) is 0 Å². The zero-order valence-electron chi connectivity index (χ0n) is 14.2. The number of rotatable bonds is 4. The van der Waals surface area contributed by atoms with E-state index in [1.807, 2.05) is 16.7 Å². The molecule has 0 atom stereocenters. The van der Waals surface area contributed by atoms with Crippen LogP contribution in [0, 0.1) is 21.4 Å². The fraction of sp³-hybridized carbons (Fsp3) is 0.438. The summed E-state index contributed by atoms with van der Waals surface area (Å²) in [5.74, 6) is 1.21. The van der Waals surface area contributed by atoms with E-state index in [1.165, 1.54) is 0 Å². The first-order valence-electron chi connectivity index (χ1n) is 8.12. The number of pyridine rings is 1. The fourth-order valence-electron chi connectivity index (χ4n) is 3.20. The molecule has 1 aliphatic heterocycles. The Morgan fingerprint density at radius 2 is 2.00 bits per heavy atom. The van der Waals surface area contributed by atoms with Crippen LogP contribution in [0.4, 0.5) is 17.3 Å². The average Bonchev–Trinajstić information content (AvgIpc) is 2.98. The first kappa shape index (κ1) is 16.7. The van der Waals surface area contributed by atoms with Crippen molar-refractivity contribution >= 4 is 17.3 Å². The van der Waals surface area contributed by atoms with Gasteiger partial charge in [-0.2, -0.15) is 10.4 Å². The minimum atomic E-state index is -0.347. The highest BCUT2D eigenvalue weighted by atomic mass is 16.6. The summed E-state index contributed by atoms with van der Waals surface area (Å²) in [7, 11) is 1.74. The molecule has 3 rings (SSSR count). The summed E-state index contributed by atoms with van der Waals surface area (Å²) in [6, 6.07) is 5.64. The quantitative estimate of drug-likeness (QED) is 0.613. The maximum atomic E-state index is 11.5. The van der Waals surface area contributed by atoms with Crippen LogP contribution < -0.4 is 9.80 Å². The van der Waals surface area contributed by atoms with Gasteiger partial charge in [-0.3, -0.25) is 10.1 Å². The third kappa shape index (κ3) is 2.98. The Morgan fingerprint density at radius 1 is 1.32 bits per heavy atom. The van der Waals surface area contributed by atoms with Crippen molar-refractivity contribution in [3.8, 4) is 6.07 Å². The van der Waals surface area contributed by atoms with Gasteiger partial charge in [0.15, 0.2) is 0 Å². The van der Waals surface area contributed by atoms with Crippen LogP contribution in [0.3, 0.4) is 0 Å². The standard InChI is InChI=1S/C16H19N7O2/c1-3-13-14(23(24)25)16(20(2)19-13)22-9-7-21(8-10-22)15-12(11-17)5-4-6-18-15/h4-6H,3,7-10H2,1-2H3. The Balaban J connectivity index is 1.83. The minimum absolute atomic E-state index is 0.0917. The lowest BCUT2D eigenvalue weighted by Crippen LogP contribution is -2.47. The van der Waals surface area contributed by atoms with Gasteiger partial charge in [0.1, 0.15) is 17.6 Å². The first-order chi connectivity index (χ1) is 12.1. The third-order valence-corrected chi connectivity index (χ3v) is 4.37. The number of aryl methyl sites for hydroxylation is 2. The van der Waals surface area contributed by atoms with E-state index in [0.717, 1.165) is 0 Å². The molecule has 0 N–H and O–H groups in total. The van der Waals surface area contributed by atoms with E-state index in [2.05, 4.69) is 16.2 Å². The summed E-state index contributed by atoms with van der Waals surface area (Å²) in [6.07, 6.45) is 2.19. The molecule has 0 radical (unpaired) electrons. The molecule has 0 unspecified atom stereocenters. The highest BCUT2D eigenvalue weighted by Gasteiger charge is 2.31. The average molecular weight is 341 g/mol. The molecule has 0 spiro atoms. The number of anilines is 2. The number of hydrogen-bond acceptors (Lipinski definition) is 7. The number of aromatic nitrogens is 3. The van der Waals surface area contributed by atoms with Crippen LogP contribution in [0.25, 0.3) is 0 Å². The lowest BCUT2D eigenvalue weighted by atomic mass is 10.2. The monoisotopic (exact) mass is 341 g/mol. The van der Waals surface area contributed by atoms with Crippen molar-refractivity contribution in [2.24, 2.45) is 7.05 Å². The summed E-state index contributed by atoms with van der Waals surface area (Å²) in [4.78, 5) is 19.5. The second-order valence-electron chi connectivity index (χ2n) is 5.81. The van der Waals surface area contributed by atoms with Crippen molar-refractivity contribution in [3.05, 3.63) is 39.7 Å². The SMILES string of the molecule is CCc1nn(C)c(N2CCN(c3ncccc3C#N)CC2)c1[N+](=O)[O-]. The molecule has 25 heavy (non-hydrogen) atoms. The molecular formula is C16H19N7O2. The van der Waals surface area contributed by atoms with E-state index in [9.17, 15) is 15.4 Å². The van der Waals surface area contributed by atoms with Crippen molar-refractivity contribution < 1.29 is 4.92 Å². The zero-order valence-corrected chi connectivity index (χ0v) is 14.2. The molecule has 2 aromatic heterocycles. The normalized spacial score (nSPS) is 14.4. The van der Waals surface area contributed by atoms with Gasteiger partial charge in [-0.15, -0.1) is 0 Å². The van der Waals surface area contributed by atoms with E-state index in [0.29, 0.717) is 55.5 Å². The van der Waals surface area contributed by atoms with Gasteiger partial charge in [-0.25, -0.2) is 9.67 Å². The predicted molar refractivity (Wildman–Crippen MR) is 92.6 cm³/mol. The molecule has 1 saturated heterocycles. The number of hydrogen-bond donors (Lipinski definition) is 0. The van der Waals surface area contributed by atoms with Gasteiger partial charge in [0.25, 0.3) is 0 Å². The molecule has 0 saturated carbocycles. The largest absolute Gasteiger partial charge is 0.352 e. The van der Waals surface area contributed by atoms with Crippen LogP contribution >= 0.6 is 0 Å². The van der Waals surface area contributed by atoms with Gasteiger partial charge in [-0.05, 0) is 18.6 Å². The van der Waals surface area contributed by atoms with E-state index in [-0.39, 0.29) is 10.6 Å². The van der Waals surface area contributed by atoms with Crippen LogP contribution in [0.1, 0.15) is 18.2 Å². The molecule has 9 heteroatoms. The molecule has 9 nitrogen and oxygen atoms in total. The Kier molecular flexibility index (Phi) is 4.52. The van der Waals surface area contributed by atoms with Gasteiger partial charge < -0.3 is 9.80 Å². The second kappa shape index (κ2) is 6.76. The van der Waals surface area contributed by atoms with E-state index < -0.39 is 0 Å². The maximum Gasteiger partial charge on any atom is 0.334 e. The molecular weight excluding hydrogens is 322 g/mol. The Hall–Kier alpha value is -3.15. The first-order valence-corrected chi connectivity index (χ1v) is 8.12. The van der Waals surface area contributed by atoms with E-state index in [4.69, 9.17) is 0 Å². The minimum Gasteiger partial charge on any atom is -0.352 e. The molecule has 0 aromatic carbocycles. The highest BCUT2D eigenvalue weighted by Crippen LogP contribution is 2.32. The van der Waals surface area contributed by atoms with Gasteiger partial charge in [0, 0.05) is 39.4 Å². The van der Waals surface area contributed by atoms with Gasteiger partial charge >= 0.3 is 5.69 Å².